The van der Waals surface area contributed by atoms with Crippen LogP contribution in [0.2, 0.25) is 0 Å². The van der Waals surface area contributed by atoms with Crippen molar-refractivity contribution in [2.24, 2.45) is 11.8 Å². The van der Waals surface area contributed by atoms with Gasteiger partial charge in [0.1, 0.15) is 0 Å². The normalized spacial score (nSPS) is 42.6. The molecule has 1 saturated heterocycles. The Morgan fingerprint density at radius 3 is 2.40 bits per heavy atom. The van der Waals surface area contributed by atoms with Crippen LogP contribution in [-0.4, -0.2) is 36.2 Å². The van der Waals surface area contributed by atoms with Gasteiger partial charge in [0.15, 0.2) is 0 Å². The minimum Gasteiger partial charge on any atom is -0.391 e. The molecule has 1 aliphatic heterocycles. The Labute approximate surface area is 61.8 Å². The number of hydrogen-bond donors (Lipinski definition) is 1. The Balaban J connectivity index is 1.95. The van der Waals surface area contributed by atoms with E-state index in [0.29, 0.717) is 5.92 Å². The van der Waals surface area contributed by atoms with E-state index in [1.807, 2.05) is 0 Å². The highest BCUT2D eigenvalue weighted by atomic mass is 16.3. The van der Waals surface area contributed by atoms with Crippen molar-refractivity contribution in [1.82, 2.24) is 4.90 Å². The minimum absolute atomic E-state index is 0.0301. The predicted molar refractivity (Wildman–Crippen MR) is 39.7 cm³/mol. The molecule has 1 heterocycles. The second kappa shape index (κ2) is 2.21. The quantitative estimate of drug-likeness (QED) is 0.568. The highest BCUT2D eigenvalue weighted by Crippen LogP contribution is 2.40. The number of aliphatic hydroxyl groups is 1. The highest BCUT2D eigenvalue weighted by molar-refractivity contribution is 4.92. The smallest absolute Gasteiger partial charge is 0.0709 e. The summed E-state index contributed by atoms with van der Waals surface area (Å²) in [4.78, 5) is 2.23. The SMILES string of the molecule is CN1C[C@@H](O)[C@H](C2CC2)C1. The van der Waals surface area contributed by atoms with Crippen LogP contribution in [0.4, 0.5) is 0 Å². The molecule has 0 aromatic carbocycles. The zero-order valence-electron chi connectivity index (χ0n) is 6.45. The van der Waals surface area contributed by atoms with E-state index in [9.17, 15) is 5.11 Å². The molecule has 2 aliphatic rings. The Bertz CT molecular complexity index is 133. The van der Waals surface area contributed by atoms with Gasteiger partial charge in [-0.3, -0.25) is 0 Å². The van der Waals surface area contributed by atoms with Gasteiger partial charge in [0.05, 0.1) is 6.10 Å². The number of likely N-dealkylation sites (N-methyl/N-ethyl adjacent to an activating group) is 1. The average Bonchev–Trinajstić information content (AvgIpc) is 2.61. The summed E-state index contributed by atoms with van der Waals surface area (Å²) >= 11 is 0. The summed E-state index contributed by atoms with van der Waals surface area (Å²) in [6.45, 7) is 2.01. The zero-order chi connectivity index (χ0) is 7.14. The number of hydrogen-bond acceptors (Lipinski definition) is 2. The fraction of sp³-hybridized carbons (Fsp3) is 1.00. The lowest BCUT2D eigenvalue weighted by atomic mass is 10.0. The summed E-state index contributed by atoms with van der Waals surface area (Å²) in [6, 6.07) is 0. The topological polar surface area (TPSA) is 23.5 Å². The lowest BCUT2D eigenvalue weighted by Gasteiger charge is -2.10. The third kappa shape index (κ3) is 1.06. The van der Waals surface area contributed by atoms with Crippen molar-refractivity contribution in [3.8, 4) is 0 Å². The standard InChI is InChI=1S/C8H15NO/c1-9-4-7(6-2-3-6)8(10)5-9/h6-8,10H,2-5H2,1H3/t7-,8+/m0/s1. The van der Waals surface area contributed by atoms with Crippen LogP contribution >= 0.6 is 0 Å². The van der Waals surface area contributed by atoms with Crippen molar-refractivity contribution >= 4 is 0 Å². The summed E-state index contributed by atoms with van der Waals surface area (Å²) in [5.74, 6) is 1.46. The van der Waals surface area contributed by atoms with Crippen molar-refractivity contribution in [3.05, 3.63) is 0 Å². The summed E-state index contributed by atoms with van der Waals surface area (Å²) in [5.41, 5.74) is 0. The molecule has 0 bridgehead atoms. The molecule has 2 heteroatoms. The first kappa shape index (κ1) is 6.62. The van der Waals surface area contributed by atoms with Gasteiger partial charge < -0.3 is 10.0 Å². The van der Waals surface area contributed by atoms with Crippen molar-refractivity contribution in [2.75, 3.05) is 20.1 Å². The second-order valence-electron chi connectivity index (χ2n) is 3.79. The van der Waals surface area contributed by atoms with Crippen LogP contribution < -0.4 is 0 Å². The van der Waals surface area contributed by atoms with Gasteiger partial charge in [0.2, 0.25) is 0 Å². The van der Waals surface area contributed by atoms with Gasteiger partial charge in [0, 0.05) is 19.0 Å². The van der Waals surface area contributed by atoms with Gasteiger partial charge in [-0.05, 0) is 25.8 Å². The fourth-order valence-corrected chi connectivity index (χ4v) is 2.00. The van der Waals surface area contributed by atoms with Crippen LogP contribution in [0.1, 0.15) is 12.8 Å². The first-order valence-electron chi connectivity index (χ1n) is 4.14. The van der Waals surface area contributed by atoms with E-state index in [0.717, 1.165) is 19.0 Å². The molecular formula is C8H15NO. The second-order valence-corrected chi connectivity index (χ2v) is 3.79. The molecule has 1 N–H and O–H groups in total. The van der Waals surface area contributed by atoms with Crippen molar-refractivity contribution < 1.29 is 5.11 Å². The number of aliphatic hydroxyl groups excluding tert-OH is 1. The molecule has 0 amide bonds. The van der Waals surface area contributed by atoms with E-state index >= 15 is 0 Å². The van der Waals surface area contributed by atoms with Crippen LogP contribution in [-0.2, 0) is 0 Å². The molecule has 2 atom stereocenters. The Morgan fingerprint density at radius 2 is 2.00 bits per heavy atom. The Kier molecular flexibility index (Phi) is 1.46. The molecule has 0 spiro atoms. The van der Waals surface area contributed by atoms with E-state index in [4.69, 9.17) is 0 Å². The van der Waals surface area contributed by atoms with Crippen LogP contribution in [0.5, 0.6) is 0 Å². The molecular weight excluding hydrogens is 126 g/mol. The molecule has 58 valence electrons. The number of rotatable bonds is 1. The maximum Gasteiger partial charge on any atom is 0.0709 e. The van der Waals surface area contributed by atoms with E-state index < -0.39 is 0 Å². The lowest BCUT2D eigenvalue weighted by molar-refractivity contribution is 0.133. The molecule has 0 aromatic rings. The summed E-state index contributed by atoms with van der Waals surface area (Å²) in [6.07, 6.45) is 2.68. The van der Waals surface area contributed by atoms with Gasteiger partial charge in [-0.2, -0.15) is 0 Å². The molecule has 2 rings (SSSR count). The molecule has 2 fully saturated rings. The van der Waals surface area contributed by atoms with E-state index in [1.165, 1.54) is 12.8 Å². The summed E-state index contributed by atoms with van der Waals surface area (Å²) in [7, 11) is 2.09. The van der Waals surface area contributed by atoms with Gasteiger partial charge in [-0.15, -0.1) is 0 Å². The third-order valence-electron chi connectivity index (χ3n) is 2.74. The fourth-order valence-electron chi connectivity index (χ4n) is 2.00. The third-order valence-corrected chi connectivity index (χ3v) is 2.74. The molecule has 10 heavy (non-hydrogen) atoms. The van der Waals surface area contributed by atoms with Crippen molar-refractivity contribution in [2.45, 2.75) is 18.9 Å². The average molecular weight is 141 g/mol. The van der Waals surface area contributed by atoms with Crippen LogP contribution in [0, 0.1) is 11.8 Å². The summed E-state index contributed by atoms with van der Waals surface area (Å²) in [5, 5.41) is 9.53. The maximum absolute atomic E-state index is 9.53. The van der Waals surface area contributed by atoms with Gasteiger partial charge in [-0.1, -0.05) is 0 Å². The maximum atomic E-state index is 9.53. The van der Waals surface area contributed by atoms with E-state index in [-0.39, 0.29) is 6.10 Å². The van der Waals surface area contributed by atoms with Crippen LogP contribution in [0.15, 0.2) is 0 Å². The lowest BCUT2D eigenvalue weighted by Crippen LogP contribution is -2.19. The zero-order valence-corrected chi connectivity index (χ0v) is 6.45. The molecule has 0 unspecified atom stereocenters. The number of nitrogens with zero attached hydrogens (tertiary/aromatic N) is 1. The Morgan fingerprint density at radius 1 is 1.30 bits per heavy atom. The molecule has 0 aromatic heterocycles. The Hall–Kier alpha value is -0.0800. The van der Waals surface area contributed by atoms with Crippen molar-refractivity contribution in [3.63, 3.8) is 0 Å². The first-order chi connectivity index (χ1) is 4.77. The summed E-state index contributed by atoms with van der Waals surface area (Å²) < 4.78 is 0. The number of β-amino-alcohol motifs (C(OH)–C–C–N with tert-alkyl or cyclic N) is 1. The highest BCUT2D eigenvalue weighted by Gasteiger charge is 2.40. The first-order valence-corrected chi connectivity index (χ1v) is 4.14. The molecule has 1 aliphatic carbocycles. The van der Waals surface area contributed by atoms with E-state index in [1.54, 1.807) is 0 Å². The minimum atomic E-state index is -0.0301. The molecule has 2 nitrogen and oxygen atoms in total. The van der Waals surface area contributed by atoms with Crippen LogP contribution in [0.25, 0.3) is 0 Å². The monoisotopic (exact) mass is 141 g/mol. The largest absolute Gasteiger partial charge is 0.391 e. The number of likely N-dealkylation sites (tertiary alicyclic amines) is 1. The van der Waals surface area contributed by atoms with E-state index in [2.05, 4.69) is 11.9 Å². The van der Waals surface area contributed by atoms with Crippen LogP contribution in [0.3, 0.4) is 0 Å². The van der Waals surface area contributed by atoms with Crippen molar-refractivity contribution in [1.29, 1.82) is 0 Å². The predicted octanol–water partition coefficient (Wildman–Crippen LogP) is 0.319. The molecule has 1 saturated carbocycles. The molecule has 0 radical (unpaired) electrons. The van der Waals surface area contributed by atoms with Gasteiger partial charge >= 0.3 is 0 Å². The van der Waals surface area contributed by atoms with Gasteiger partial charge in [-0.25, -0.2) is 0 Å². The van der Waals surface area contributed by atoms with Gasteiger partial charge in [0.25, 0.3) is 0 Å².